The molecule has 2 aliphatic carbocycles. The Kier molecular flexibility index (Phi) is 7.99. The van der Waals surface area contributed by atoms with Crippen molar-refractivity contribution in [3.8, 4) is 0 Å². The molecule has 0 aromatic heterocycles. The standard InChI is InChI=1S/C27H39N3O2/c1-20-15-16-24-19-28-29-27(32)30(25(24)17-20)26(31)23-14-8-5-3-2-4-7-13-22(18-23)21-11-9-6-10-12-21/h15-17,19,21-23H,2-14,18H2,1H3,(H,29,32). The van der Waals surface area contributed by atoms with Crippen LogP contribution in [0.4, 0.5) is 10.5 Å². The largest absolute Gasteiger partial charge is 0.349 e. The Morgan fingerprint density at radius 1 is 0.906 bits per heavy atom. The second kappa shape index (κ2) is 11.1. The third-order valence-corrected chi connectivity index (χ3v) is 7.84. The number of nitrogens with one attached hydrogen (secondary N) is 1. The number of carbonyl (C=O) groups excluding carboxylic acids is 2. The van der Waals surface area contributed by atoms with Gasteiger partial charge in [0.1, 0.15) is 0 Å². The van der Waals surface area contributed by atoms with Crippen molar-refractivity contribution in [2.45, 2.75) is 96.8 Å². The number of amides is 3. The van der Waals surface area contributed by atoms with Crippen molar-refractivity contribution in [1.82, 2.24) is 5.43 Å². The monoisotopic (exact) mass is 437 g/mol. The minimum atomic E-state index is -0.431. The Morgan fingerprint density at radius 3 is 2.28 bits per heavy atom. The molecule has 174 valence electrons. The number of benzene rings is 1. The zero-order chi connectivity index (χ0) is 22.3. The first kappa shape index (κ1) is 23.0. The van der Waals surface area contributed by atoms with Gasteiger partial charge in [0.05, 0.1) is 11.9 Å². The maximum absolute atomic E-state index is 14.0. The van der Waals surface area contributed by atoms with E-state index in [1.807, 2.05) is 25.1 Å². The van der Waals surface area contributed by atoms with Crippen LogP contribution >= 0.6 is 0 Å². The topological polar surface area (TPSA) is 61.8 Å². The Morgan fingerprint density at radius 2 is 1.53 bits per heavy atom. The fraction of sp³-hybridized carbons (Fsp3) is 0.667. The van der Waals surface area contributed by atoms with Gasteiger partial charge in [0, 0.05) is 11.5 Å². The molecular weight excluding hydrogens is 398 g/mol. The minimum absolute atomic E-state index is 0.0418. The number of hydrogen-bond acceptors (Lipinski definition) is 3. The molecule has 1 N–H and O–H groups in total. The van der Waals surface area contributed by atoms with Gasteiger partial charge in [-0.15, -0.1) is 0 Å². The second-order valence-electron chi connectivity index (χ2n) is 10.2. The highest BCUT2D eigenvalue weighted by atomic mass is 16.2. The van der Waals surface area contributed by atoms with E-state index in [1.165, 1.54) is 75.5 Å². The zero-order valence-corrected chi connectivity index (χ0v) is 19.7. The summed E-state index contributed by atoms with van der Waals surface area (Å²) in [5.74, 6) is 1.21. The van der Waals surface area contributed by atoms with Gasteiger partial charge in [-0.3, -0.25) is 4.79 Å². The lowest BCUT2D eigenvalue weighted by Gasteiger charge is -2.34. The van der Waals surface area contributed by atoms with E-state index in [1.54, 1.807) is 6.21 Å². The molecule has 1 aromatic rings. The average molecular weight is 438 g/mol. The van der Waals surface area contributed by atoms with E-state index < -0.39 is 6.03 Å². The molecule has 5 heteroatoms. The van der Waals surface area contributed by atoms with Crippen molar-refractivity contribution in [1.29, 1.82) is 0 Å². The van der Waals surface area contributed by atoms with Gasteiger partial charge in [-0.05, 0) is 43.2 Å². The highest BCUT2D eigenvalue weighted by Crippen LogP contribution is 2.39. The molecule has 0 bridgehead atoms. The molecule has 2 saturated carbocycles. The van der Waals surface area contributed by atoms with E-state index >= 15 is 0 Å². The van der Waals surface area contributed by atoms with E-state index in [4.69, 9.17) is 0 Å². The lowest BCUT2D eigenvalue weighted by molar-refractivity contribution is -0.122. The fourth-order valence-corrected chi connectivity index (χ4v) is 6.04. The third-order valence-electron chi connectivity index (χ3n) is 7.84. The molecule has 2 unspecified atom stereocenters. The van der Waals surface area contributed by atoms with E-state index in [0.29, 0.717) is 11.6 Å². The van der Waals surface area contributed by atoms with Gasteiger partial charge in [0.15, 0.2) is 0 Å². The summed E-state index contributed by atoms with van der Waals surface area (Å²) in [5.41, 5.74) is 5.06. The number of urea groups is 1. The van der Waals surface area contributed by atoms with Crippen LogP contribution in [0.15, 0.2) is 23.3 Å². The summed E-state index contributed by atoms with van der Waals surface area (Å²) in [5, 5.41) is 4.04. The quantitative estimate of drug-likeness (QED) is 0.558. The molecule has 0 radical (unpaired) electrons. The second-order valence-corrected chi connectivity index (χ2v) is 10.2. The molecule has 0 saturated heterocycles. The van der Waals surface area contributed by atoms with Crippen LogP contribution in [0.1, 0.15) is 101 Å². The fourth-order valence-electron chi connectivity index (χ4n) is 6.04. The van der Waals surface area contributed by atoms with Crippen LogP contribution in [0.2, 0.25) is 0 Å². The van der Waals surface area contributed by atoms with Gasteiger partial charge in [-0.1, -0.05) is 89.2 Å². The zero-order valence-electron chi connectivity index (χ0n) is 19.7. The van der Waals surface area contributed by atoms with Crippen LogP contribution in [0.25, 0.3) is 0 Å². The summed E-state index contributed by atoms with van der Waals surface area (Å²) >= 11 is 0. The molecule has 3 aliphatic rings. The summed E-state index contributed by atoms with van der Waals surface area (Å²) in [4.78, 5) is 28.3. The molecule has 5 nitrogen and oxygen atoms in total. The van der Waals surface area contributed by atoms with Crippen molar-refractivity contribution >= 4 is 23.8 Å². The van der Waals surface area contributed by atoms with Crippen molar-refractivity contribution in [2.24, 2.45) is 22.9 Å². The van der Waals surface area contributed by atoms with Gasteiger partial charge in [-0.2, -0.15) is 5.10 Å². The number of imide groups is 1. The first-order valence-corrected chi connectivity index (χ1v) is 12.9. The molecule has 2 fully saturated rings. The highest BCUT2D eigenvalue weighted by Gasteiger charge is 2.35. The number of carbonyl (C=O) groups is 2. The van der Waals surface area contributed by atoms with Crippen LogP contribution in [-0.2, 0) is 4.79 Å². The number of nitrogens with zero attached hydrogens (tertiary/aromatic N) is 2. The predicted octanol–water partition coefficient (Wildman–Crippen LogP) is 6.72. The van der Waals surface area contributed by atoms with Gasteiger partial charge in [-0.25, -0.2) is 15.1 Å². The van der Waals surface area contributed by atoms with Gasteiger partial charge < -0.3 is 0 Å². The number of rotatable bonds is 2. The molecule has 2 atom stereocenters. The first-order valence-electron chi connectivity index (χ1n) is 12.9. The molecule has 4 rings (SSSR count). The molecule has 1 aromatic carbocycles. The van der Waals surface area contributed by atoms with Crippen LogP contribution < -0.4 is 10.3 Å². The first-order chi connectivity index (χ1) is 15.6. The van der Waals surface area contributed by atoms with Gasteiger partial charge in [0.25, 0.3) is 0 Å². The van der Waals surface area contributed by atoms with Crippen LogP contribution in [-0.4, -0.2) is 18.2 Å². The van der Waals surface area contributed by atoms with E-state index in [2.05, 4.69) is 10.5 Å². The van der Waals surface area contributed by atoms with E-state index in [9.17, 15) is 9.59 Å². The molecule has 0 spiro atoms. The van der Waals surface area contributed by atoms with E-state index in [0.717, 1.165) is 36.3 Å². The maximum atomic E-state index is 14.0. The van der Waals surface area contributed by atoms with Crippen molar-refractivity contribution in [3.63, 3.8) is 0 Å². The number of fused-ring (bicyclic) bond motifs is 1. The predicted molar refractivity (Wildman–Crippen MR) is 130 cm³/mol. The Hall–Kier alpha value is -2.17. The Bertz CT molecular complexity index is 828. The third kappa shape index (κ3) is 5.60. The normalized spacial score (nSPS) is 25.9. The minimum Gasteiger partial charge on any atom is -0.274 e. The lowest BCUT2D eigenvalue weighted by Crippen LogP contribution is -2.45. The number of hydrazone groups is 1. The summed E-state index contributed by atoms with van der Waals surface area (Å²) in [6.07, 6.45) is 18.8. The van der Waals surface area contributed by atoms with Crippen molar-refractivity contribution in [3.05, 3.63) is 29.3 Å². The number of aryl methyl sites for hydroxylation is 1. The highest BCUT2D eigenvalue weighted by molar-refractivity contribution is 6.18. The summed E-state index contributed by atoms with van der Waals surface area (Å²) < 4.78 is 0. The van der Waals surface area contributed by atoms with Crippen LogP contribution in [0.3, 0.4) is 0 Å². The van der Waals surface area contributed by atoms with Gasteiger partial charge >= 0.3 is 6.03 Å². The molecule has 32 heavy (non-hydrogen) atoms. The SMILES string of the molecule is Cc1ccc2c(c1)N(C(=O)C1CCCCCCCCC(C3CCCCC3)C1)C(=O)NN=C2. The number of anilines is 1. The van der Waals surface area contributed by atoms with Crippen LogP contribution in [0, 0.1) is 24.7 Å². The number of hydrogen-bond donors (Lipinski definition) is 1. The lowest BCUT2D eigenvalue weighted by atomic mass is 9.73. The van der Waals surface area contributed by atoms with E-state index in [-0.39, 0.29) is 11.8 Å². The van der Waals surface area contributed by atoms with Crippen molar-refractivity contribution in [2.75, 3.05) is 4.90 Å². The maximum Gasteiger partial charge on any atom is 0.349 e. The smallest absolute Gasteiger partial charge is 0.274 e. The average Bonchev–Trinajstić information content (AvgIpc) is 2.99. The summed E-state index contributed by atoms with van der Waals surface area (Å²) in [6.45, 7) is 2.00. The Labute approximate surface area is 193 Å². The molecule has 1 aliphatic heterocycles. The molecular formula is C27H39N3O2. The Balaban J connectivity index is 1.61. The molecule has 1 heterocycles. The summed E-state index contributed by atoms with van der Waals surface area (Å²) in [7, 11) is 0. The molecule has 3 amide bonds. The summed E-state index contributed by atoms with van der Waals surface area (Å²) in [6, 6.07) is 5.44. The van der Waals surface area contributed by atoms with Crippen molar-refractivity contribution < 1.29 is 9.59 Å². The van der Waals surface area contributed by atoms with Gasteiger partial charge in [0.2, 0.25) is 5.91 Å². The van der Waals surface area contributed by atoms with Crippen LogP contribution in [0.5, 0.6) is 0 Å².